The number of halogens is 2. The molecule has 0 amide bonds. The number of allylic oxidation sites excluding steroid dienone is 1. The Labute approximate surface area is 197 Å². The van der Waals surface area contributed by atoms with Gasteiger partial charge in [0.1, 0.15) is 6.04 Å². The summed E-state index contributed by atoms with van der Waals surface area (Å²) in [4.78, 5) is 19.6. The zero-order chi connectivity index (χ0) is 22.5. The molecule has 31 heavy (non-hydrogen) atoms. The van der Waals surface area contributed by atoms with Crippen LogP contribution in [0.1, 0.15) is 31.0 Å². The maximum absolute atomic E-state index is 12.7. The van der Waals surface area contributed by atoms with Gasteiger partial charge in [0.15, 0.2) is 5.17 Å². The first-order valence-corrected chi connectivity index (χ1v) is 11.6. The molecule has 0 spiro atoms. The predicted molar refractivity (Wildman–Crippen MR) is 131 cm³/mol. The number of rotatable bonds is 6. The van der Waals surface area contributed by atoms with E-state index >= 15 is 0 Å². The average Bonchev–Trinajstić information content (AvgIpc) is 2.73. The third-order valence-corrected chi connectivity index (χ3v) is 6.34. The predicted octanol–water partition coefficient (Wildman–Crippen LogP) is 5.83. The van der Waals surface area contributed by atoms with Crippen LogP contribution in [-0.4, -0.2) is 31.8 Å². The van der Waals surface area contributed by atoms with E-state index in [1.807, 2.05) is 62.3 Å². The number of nitrogens with one attached hydrogen (secondary N) is 1. The molecule has 0 saturated carbocycles. The van der Waals surface area contributed by atoms with E-state index in [-0.39, 0.29) is 5.97 Å². The fourth-order valence-corrected chi connectivity index (χ4v) is 4.68. The molecule has 8 heteroatoms. The summed E-state index contributed by atoms with van der Waals surface area (Å²) in [7, 11) is 3.98. The Morgan fingerprint density at radius 3 is 2.52 bits per heavy atom. The smallest absolute Gasteiger partial charge is 0.338 e. The van der Waals surface area contributed by atoms with Crippen molar-refractivity contribution in [1.82, 2.24) is 5.32 Å². The molecule has 0 unspecified atom stereocenters. The van der Waals surface area contributed by atoms with Crippen LogP contribution in [-0.2, 0) is 15.3 Å². The second kappa shape index (κ2) is 10.4. The van der Waals surface area contributed by atoms with Gasteiger partial charge in [-0.05, 0) is 49.2 Å². The standard InChI is InChI=1S/C23H25Cl2N3O2S/c1-5-30-22(29)20-14(2)26-23(31-13-16-6-9-17(24)12-19(16)25)27-21(20)15-7-10-18(11-8-15)28(3)4/h6-12,21H,5,13H2,1-4H3,(H,26,27)/t21-/m0/s1. The second-order valence-corrected chi connectivity index (χ2v) is 9.04. The average molecular weight is 478 g/mol. The van der Waals surface area contributed by atoms with Crippen molar-refractivity contribution in [3.8, 4) is 0 Å². The van der Waals surface area contributed by atoms with Crippen molar-refractivity contribution in [2.75, 3.05) is 25.6 Å². The van der Waals surface area contributed by atoms with Gasteiger partial charge in [-0.3, -0.25) is 0 Å². The van der Waals surface area contributed by atoms with Crippen LogP contribution >= 0.6 is 35.0 Å². The van der Waals surface area contributed by atoms with Crippen LogP contribution < -0.4 is 10.2 Å². The molecule has 0 bridgehead atoms. The quantitative estimate of drug-likeness (QED) is 0.530. The number of ether oxygens (including phenoxy) is 1. The van der Waals surface area contributed by atoms with Gasteiger partial charge in [0.2, 0.25) is 0 Å². The van der Waals surface area contributed by atoms with Crippen molar-refractivity contribution in [2.24, 2.45) is 4.99 Å². The lowest BCUT2D eigenvalue weighted by Crippen LogP contribution is -2.30. The first-order valence-electron chi connectivity index (χ1n) is 9.86. The van der Waals surface area contributed by atoms with Gasteiger partial charge in [-0.2, -0.15) is 0 Å². The first kappa shape index (κ1) is 23.5. The van der Waals surface area contributed by atoms with E-state index in [1.54, 1.807) is 13.0 Å². The molecular formula is C23H25Cl2N3O2S. The van der Waals surface area contributed by atoms with E-state index in [0.29, 0.717) is 28.0 Å². The Bertz CT molecular complexity index is 1020. The van der Waals surface area contributed by atoms with Crippen LogP contribution in [0.15, 0.2) is 58.7 Å². The number of carbonyl (C=O) groups is 1. The largest absolute Gasteiger partial charge is 0.463 e. The van der Waals surface area contributed by atoms with Gasteiger partial charge in [0.05, 0.1) is 12.2 Å². The molecule has 1 heterocycles. The number of carbonyl (C=O) groups excluding carboxylic acids is 1. The van der Waals surface area contributed by atoms with Crippen LogP contribution in [0.3, 0.4) is 0 Å². The van der Waals surface area contributed by atoms with E-state index in [9.17, 15) is 4.79 Å². The Kier molecular flexibility index (Phi) is 7.92. The molecule has 0 saturated heterocycles. The fourth-order valence-electron chi connectivity index (χ4n) is 3.17. The molecule has 5 nitrogen and oxygen atoms in total. The molecule has 2 aromatic rings. The van der Waals surface area contributed by atoms with Crippen molar-refractivity contribution in [3.05, 3.63) is 74.9 Å². The SMILES string of the molecule is CCOC(=O)C1=C(C)NC(SCc2ccc(Cl)cc2Cl)=N[C@H]1c1ccc(N(C)C)cc1. The topological polar surface area (TPSA) is 53.9 Å². The summed E-state index contributed by atoms with van der Waals surface area (Å²) in [5.41, 5.74) is 4.22. The Hall–Kier alpha value is -2.15. The number of hydrogen-bond donors (Lipinski definition) is 1. The van der Waals surface area contributed by atoms with Gasteiger partial charge < -0.3 is 15.0 Å². The first-order chi connectivity index (χ1) is 14.8. The molecule has 3 rings (SSSR count). The lowest BCUT2D eigenvalue weighted by Gasteiger charge is -2.26. The number of hydrogen-bond acceptors (Lipinski definition) is 6. The summed E-state index contributed by atoms with van der Waals surface area (Å²) in [6.45, 7) is 3.98. The van der Waals surface area contributed by atoms with Gasteiger partial charge in [-0.1, -0.05) is 53.2 Å². The number of nitrogens with zero attached hydrogens (tertiary/aromatic N) is 2. The zero-order valence-electron chi connectivity index (χ0n) is 17.9. The van der Waals surface area contributed by atoms with Crippen molar-refractivity contribution in [3.63, 3.8) is 0 Å². The van der Waals surface area contributed by atoms with Crippen LogP contribution in [0.25, 0.3) is 0 Å². The van der Waals surface area contributed by atoms with Gasteiger partial charge >= 0.3 is 5.97 Å². The van der Waals surface area contributed by atoms with Gasteiger partial charge in [0, 0.05) is 41.3 Å². The number of thioether (sulfide) groups is 1. The van der Waals surface area contributed by atoms with Gasteiger partial charge in [-0.25, -0.2) is 9.79 Å². The molecule has 0 fully saturated rings. The lowest BCUT2D eigenvalue weighted by molar-refractivity contribution is -0.138. The molecule has 2 aromatic carbocycles. The molecular weight excluding hydrogens is 453 g/mol. The number of esters is 1. The number of anilines is 1. The minimum Gasteiger partial charge on any atom is -0.463 e. The summed E-state index contributed by atoms with van der Waals surface area (Å²) in [6, 6.07) is 13.0. The maximum atomic E-state index is 12.7. The van der Waals surface area contributed by atoms with Crippen LogP contribution in [0, 0.1) is 0 Å². The van der Waals surface area contributed by atoms with E-state index in [4.69, 9.17) is 32.9 Å². The second-order valence-electron chi connectivity index (χ2n) is 7.23. The molecule has 0 radical (unpaired) electrons. The molecule has 1 aliphatic rings. The van der Waals surface area contributed by atoms with E-state index in [1.165, 1.54) is 11.8 Å². The van der Waals surface area contributed by atoms with E-state index in [0.717, 1.165) is 27.7 Å². The summed E-state index contributed by atoms with van der Waals surface area (Å²) in [5, 5.41) is 5.19. The van der Waals surface area contributed by atoms with E-state index in [2.05, 4.69) is 5.32 Å². The Balaban J connectivity index is 1.89. The molecule has 164 valence electrons. The van der Waals surface area contributed by atoms with Crippen molar-refractivity contribution in [2.45, 2.75) is 25.6 Å². The highest BCUT2D eigenvalue weighted by molar-refractivity contribution is 8.13. The summed E-state index contributed by atoms with van der Waals surface area (Å²) >= 11 is 13.8. The van der Waals surface area contributed by atoms with Crippen LogP contribution in [0.4, 0.5) is 5.69 Å². The third kappa shape index (κ3) is 5.76. The minimum atomic E-state index is -0.445. The monoisotopic (exact) mass is 477 g/mol. The van der Waals surface area contributed by atoms with Crippen LogP contribution in [0.5, 0.6) is 0 Å². The summed E-state index contributed by atoms with van der Waals surface area (Å²) in [6.07, 6.45) is 0. The third-order valence-electron chi connectivity index (χ3n) is 4.82. The summed E-state index contributed by atoms with van der Waals surface area (Å²) in [5.74, 6) is 0.263. The molecule has 0 aliphatic carbocycles. The minimum absolute atomic E-state index is 0.308. The van der Waals surface area contributed by atoms with Gasteiger partial charge in [-0.15, -0.1) is 0 Å². The Morgan fingerprint density at radius 1 is 1.19 bits per heavy atom. The number of amidine groups is 1. The highest BCUT2D eigenvalue weighted by Crippen LogP contribution is 2.34. The number of aliphatic imine (C=N–C) groups is 1. The maximum Gasteiger partial charge on any atom is 0.338 e. The fraction of sp³-hybridized carbons (Fsp3) is 0.304. The number of benzene rings is 2. The summed E-state index contributed by atoms with van der Waals surface area (Å²) < 4.78 is 5.31. The van der Waals surface area contributed by atoms with Crippen LogP contribution in [0.2, 0.25) is 10.0 Å². The van der Waals surface area contributed by atoms with E-state index < -0.39 is 6.04 Å². The molecule has 1 N–H and O–H groups in total. The molecule has 1 aliphatic heterocycles. The lowest BCUT2D eigenvalue weighted by atomic mass is 9.96. The van der Waals surface area contributed by atoms with Crippen molar-refractivity contribution < 1.29 is 9.53 Å². The molecule has 0 aromatic heterocycles. The highest BCUT2D eigenvalue weighted by atomic mass is 35.5. The normalized spacial score (nSPS) is 15.9. The zero-order valence-corrected chi connectivity index (χ0v) is 20.2. The van der Waals surface area contributed by atoms with Crippen molar-refractivity contribution in [1.29, 1.82) is 0 Å². The van der Waals surface area contributed by atoms with Crippen molar-refractivity contribution >= 4 is 51.8 Å². The highest BCUT2D eigenvalue weighted by Gasteiger charge is 2.30. The van der Waals surface area contributed by atoms with Gasteiger partial charge in [0.25, 0.3) is 0 Å². The Morgan fingerprint density at radius 2 is 1.90 bits per heavy atom. The molecule has 1 atom stereocenters.